The summed E-state index contributed by atoms with van der Waals surface area (Å²) < 4.78 is 5.35. The Balaban J connectivity index is 2.11. The van der Waals surface area contributed by atoms with E-state index in [1.165, 1.54) is 0 Å². The van der Waals surface area contributed by atoms with Gasteiger partial charge in [0.25, 0.3) is 0 Å². The van der Waals surface area contributed by atoms with Crippen LogP contribution in [0.2, 0.25) is 0 Å². The summed E-state index contributed by atoms with van der Waals surface area (Å²) in [6.07, 6.45) is 4.31. The highest BCUT2D eigenvalue weighted by Crippen LogP contribution is 2.26. The van der Waals surface area contributed by atoms with Crippen molar-refractivity contribution in [3.05, 3.63) is 17.8 Å². The Hall–Kier alpha value is -1.29. The first kappa shape index (κ1) is 11.2. The molecule has 1 saturated heterocycles. The van der Waals surface area contributed by atoms with Crippen LogP contribution in [-0.2, 0) is 4.74 Å². The van der Waals surface area contributed by atoms with Gasteiger partial charge in [-0.1, -0.05) is 0 Å². The number of pyridine rings is 1. The number of nitrogen functional groups attached to an aromatic ring is 1. The quantitative estimate of drug-likeness (QED) is 0.824. The van der Waals surface area contributed by atoms with Crippen LogP contribution in [0.5, 0.6) is 0 Å². The fraction of sp³-hybridized carbons (Fsp3) is 0.583. The van der Waals surface area contributed by atoms with E-state index in [1.807, 2.05) is 19.2 Å². The SMILES string of the molecule is COC1CCN(c2nccc(C)c2N)CC1. The lowest BCUT2D eigenvalue weighted by molar-refractivity contribution is 0.0818. The average Bonchev–Trinajstić information content (AvgIpc) is 2.33. The summed E-state index contributed by atoms with van der Waals surface area (Å²) in [5.41, 5.74) is 7.95. The van der Waals surface area contributed by atoms with Gasteiger partial charge in [0, 0.05) is 26.4 Å². The first-order valence-corrected chi connectivity index (χ1v) is 5.71. The summed E-state index contributed by atoms with van der Waals surface area (Å²) in [7, 11) is 1.78. The number of piperidine rings is 1. The van der Waals surface area contributed by atoms with Gasteiger partial charge in [0.15, 0.2) is 5.82 Å². The third kappa shape index (κ3) is 2.11. The predicted octanol–water partition coefficient (Wildman–Crippen LogP) is 1.59. The van der Waals surface area contributed by atoms with E-state index >= 15 is 0 Å². The highest BCUT2D eigenvalue weighted by molar-refractivity contribution is 5.66. The Labute approximate surface area is 96.4 Å². The van der Waals surface area contributed by atoms with Crippen LogP contribution in [0.25, 0.3) is 0 Å². The standard InChI is InChI=1S/C12H19N3O/c1-9-3-6-14-12(11(9)13)15-7-4-10(16-2)5-8-15/h3,6,10H,4-5,7-8,13H2,1-2H3. The highest BCUT2D eigenvalue weighted by atomic mass is 16.5. The Kier molecular flexibility index (Phi) is 3.29. The molecule has 1 aromatic heterocycles. The number of rotatable bonds is 2. The number of nitrogens with zero attached hydrogens (tertiary/aromatic N) is 2. The first-order valence-electron chi connectivity index (χ1n) is 5.71. The first-order chi connectivity index (χ1) is 7.72. The number of aromatic nitrogens is 1. The molecule has 4 heteroatoms. The lowest BCUT2D eigenvalue weighted by atomic mass is 10.1. The van der Waals surface area contributed by atoms with E-state index in [4.69, 9.17) is 10.5 Å². The molecule has 0 saturated carbocycles. The zero-order valence-corrected chi connectivity index (χ0v) is 9.94. The predicted molar refractivity (Wildman–Crippen MR) is 65.6 cm³/mol. The summed E-state index contributed by atoms with van der Waals surface area (Å²) >= 11 is 0. The molecule has 2 N–H and O–H groups in total. The number of aryl methyl sites for hydroxylation is 1. The summed E-state index contributed by atoms with van der Waals surface area (Å²) in [6.45, 7) is 3.96. The van der Waals surface area contributed by atoms with E-state index in [2.05, 4.69) is 9.88 Å². The monoisotopic (exact) mass is 221 g/mol. The maximum absolute atomic E-state index is 6.05. The number of nitrogens with two attached hydrogens (primary N) is 1. The molecule has 1 aliphatic rings. The second-order valence-corrected chi connectivity index (χ2v) is 4.29. The largest absolute Gasteiger partial charge is 0.396 e. The van der Waals surface area contributed by atoms with Gasteiger partial charge in [0.1, 0.15) is 0 Å². The molecular formula is C12H19N3O. The fourth-order valence-electron chi connectivity index (χ4n) is 2.11. The number of anilines is 2. The molecule has 0 amide bonds. The van der Waals surface area contributed by atoms with Crippen molar-refractivity contribution in [2.75, 3.05) is 30.8 Å². The molecule has 0 aliphatic carbocycles. The van der Waals surface area contributed by atoms with Crippen molar-refractivity contribution in [2.45, 2.75) is 25.9 Å². The normalized spacial score (nSPS) is 17.8. The Bertz CT molecular complexity index is 359. The summed E-state index contributed by atoms with van der Waals surface area (Å²) in [5.74, 6) is 0.926. The smallest absolute Gasteiger partial charge is 0.152 e. The summed E-state index contributed by atoms with van der Waals surface area (Å²) in [6, 6.07) is 1.95. The van der Waals surface area contributed by atoms with Crippen molar-refractivity contribution in [3.63, 3.8) is 0 Å². The van der Waals surface area contributed by atoms with Gasteiger partial charge in [-0.05, 0) is 31.4 Å². The van der Waals surface area contributed by atoms with Crippen molar-refractivity contribution in [3.8, 4) is 0 Å². The van der Waals surface area contributed by atoms with Crippen LogP contribution < -0.4 is 10.6 Å². The van der Waals surface area contributed by atoms with Gasteiger partial charge < -0.3 is 15.4 Å². The van der Waals surface area contributed by atoms with Crippen molar-refractivity contribution < 1.29 is 4.74 Å². The van der Waals surface area contributed by atoms with Gasteiger partial charge in [-0.2, -0.15) is 0 Å². The van der Waals surface area contributed by atoms with E-state index in [-0.39, 0.29) is 0 Å². The van der Waals surface area contributed by atoms with Crippen LogP contribution in [0.3, 0.4) is 0 Å². The maximum atomic E-state index is 6.05. The zero-order chi connectivity index (χ0) is 11.5. The lowest BCUT2D eigenvalue weighted by Gasteiger charge is -2.32. The van der Waals surface area contributed by atoms with E-state index < -0.39 is 0 Å². The van der Waals surface area contributed by atoms with Crippen molar-refractivity contribution >= 4 is 11.5 Å². The number of ether oxygens (including phenoxy) is 1. The maximum Gasteiger partial charge on any atom is 0.152 e. The molecule has 1 aliphatic heterocycles. The molecule has 0 radical (unpaired) electrons. The molecule has 16 heavy (non-hydrogen) atoms. The molecule has 1 aromatic rings. The molecule has 1 fully saturated rings. The molecule has 0 unspecified atom stereocenters. The number of methoxy groups -OCH3 is 1. The topological polar surface area (TPSA) is 51.4 Å². The van der Waals surface area contributed by atoms with E-state index in [9.17, 15) is 0 Å². The van der Waals surface area contributed by atoms with Gasteiger partial charge in [-0.15, -0.1) is 0 Å². The van der Waals surface area contributed by atoms with Crippen LogP contribution in [0.1, 0.15) is 18.4 Å². The van der Waals surface area contributed by atoms with Gasteiger partial charge in [0.2, 0.25) is 0 Å². The molecular weight excluding hydrogens is 202 g/mol. The Morgan fingerprint density at radius 3 is 2.75 bits per heavy atom. The number of hydrogen-bond donors (Lipinski definition) is 1. The molecule has 2 rings (SSSR count). The second kappa shape index (κ2) is 4.70. The average molecular weight is 221 g/mol. The summed E-state index contributed by atoms with van der Waals surface area (Å²) in [5, 5.41) is 0. The lowest BCUT2D eigenvalue weighted by Crippen LogP contribution is -2.37. The molecule has 2 heterocycles. The van der Waals surface area contributed by atoms with E-state index in [1.54, 1.807) is 7.11 Å². The number of hydrogen-bond acceptors (Lipinski definition) is 4. The van der Waals surface area contributed by atoms with Gasteiger partial charge in [-0.3, -0.25) is 0 Å². The molecule has 88 valence electrons. The molecule has 0 bridgehead atoms. The van der Waals surface area contributed by atoms with E-state index in [0.717, 1.165) is 43.0 Å². The second-order valence-electron chi connectivity index (χ2n) is 4.29. The van der Waals surface area contributed by atoms with Crippen LogP contribution in [0.15, 0.2) is 12.3 Å². The zero-order valence-electron chi connectivity index (χ0n) is 9.94. The van der Waals surface area contributed by atoms with Crippen LogP contribution >= 0.6 is 0 Å². The highest BCUT2D eigenvalue weighted by Gasteiger charge is 2.21. The van der Waals surface area contributed by atoms with Crippen molar-refractivity contribution in [1.82, 2.24) is 4.98 Å². The summed E-state index contributed by atoms with van der Waals surface area (Å²) in [4.78, 5) is 6.62. The van der Waals surface area contributed by atoms with Crippen molar-refractivity contribution in [2.24, 2.45) is 0 Å². The van der Waals surface area contributed by atoms with Crippen LogP contribution in [0.4, 0.5) is 11.5 Å². The van der Waals surface area contributed by atoms with Crippen LogP contribution in [-0.4, -0.2) is 31.3 Å². The minimum Gasteiger partial charge on any atom is -0.396 e. The van der Waals surface area contributed by atoms with Gasteiger partial charge in [-0.25, -0.2) is 4.98 Å². The molecule has 0 atom stereocenters. The Morgan fingerprint density at radius 1 is 1.44 bits per heavy atom. The third-order valence-corrected chi connectivity index (χ3v) is 3.26. The third-order valence-electron chi connectivity index (χ3n) is 3.26. The molecule has 0 spiro atoms. The molecule has 4 nitrogen and oxygen atoms in total. The van der Waals surface area contributed by atoms with Crippen LogP contribution in [0, 0.1) is 6.92 Å². The minimum absolute atomic E-state index is 0.391. The minimum atomic E-state index is 0.391. The van der Waals surface area contributed by atoms with Crippen molar-refractivity contribution in [1.29, 1.82) is 0 Å². The van der Waals surface area contributed by atoms with Gasteiger partial charge in [0.05, 0.1) is 11.8 Å². The van der Waals surface area contributed by atoms with Gasteiger partial charge >= 0.3 is 0 Å². The fourth-order valence-corrected chi connectivity index (χ4v) is 2.11. The van der Waals surface area contributed by atoms with E-state index in [0.29, 0.717) is 6.10 Å². The Morgan fingerprint density at radius 2 is 2.12 bits per heavy atom. The molecule has 0 aromatic carbocycles.